The first-order valence-corrected chi connectivity index (χ1v) is 9.82. The molecule has 1 aromatic carbocycles. The van der Waals surface area contributed by atoms with E-state index in [0.717, 1.165) is 5.75 Å². The van der Waals surface area contributed by atoms with Gasteiger partial charge >= 0.3 is 0 Å². The highest BCUT2D eigenvalue weighted by molar-refractivity contribution is 7.87. The van der Waals surface area contributed by atoms with Crippen LogP contribution in [0.3, 0.4) is 0 Å². The van der Waals surface area contributed by atoms with E-state index in [2.05, 4.69) is 4.98 Å². The lowest BCUT2D eigenvalue weighted by Crippen LogP contribution is -2.51. The van der Waals surface area contributed by atoms with Crippen molar-refractivity contribution in [3.63, 3.8) is 0 Å². The van der Waals surface area contributed by atoms with Crippen LogP contribution in [0, 0.1) is 0 Å². The van der Waals surface area contributed by atoms with Gasteiger partial charge in [-0.05, 0) is 49.2 Å². The molecule has 1 saturated heterocycles. The van der Waals surface area contributed by atoms with Crippen molar-refractivity contribution in [2.24, 2.45) is 5.73 Å². The van der Waals surface area contributed by atoms with Crippen LogP contribution in [-0.2, 0) is 20.3 Å². The van der Waals surface area contributed by atoms with Crippen molar-refractivity contribution >= 4 is 16.7 Å². The van der Waals surface area contributed by atoms with Crippen LogP contribution in [0.25, 0.3) is 0 Å². The van der Waals surface area contributed by atoms with Gasteiger partial charge < -0.3 is 19.9 Å². The zero-order valence-corrected chi connectivity index (χ0v) is 15.7. The quantitative estimate of drug-likeness (QED) is 0.688. The summed E-state index contributed by atoms with van der Waals surface area (Å²) in [4.78, 5) is 16.5. The molecule has 7 nitrogen and oxygen atoms in total. The molecule has 1 fully saturated rings. The van der Waals surface area contributed by atoms with Crippen molar-refractivity contribution in [3.8, 4) is 11.5 Å². The predicted octanol–water partition coefficient (Wildman–Crippen LogP) is 1.68. The molecule has 1 atom stereocenters. The molecule has 0 spiro atoms. The van der Waals surface area contributed by atoms with Gasteiger partial charge in [0, 0.05) is 30.5 Å². The minimum absolute atomic E-state index is 0.361. The number of aromatic nitrogens is 1. The molecule has 0 saturated carbocycles. The third-order valence-electron chi connectivity index (χ3n) is 4.41. The Morgan fingerprint density at radius 1 is 1.04 bits per heavy atom. The molecule has 2 aromatic rings. The zero-order chi connectivity index (χ0) is 19.1. The second-order valence-corrected chi connectivity index (χ2v) is 7.88. The molecule has 8 heteroatoms. The standard InChI is InChI=1S/C19H22N2O5S/c20-18(22)19(7-11-24-12-8-19)27(23)17-3-1-15(2-4-17)25-13-14-26-16-5-9-21-10-6-16/h1-6,9-10H,7-8,11-14H2,(H2,20,22). The fourth-order valence-electron chi connectivity index (χ4n) is 2.86. The summed E-state index contributed by atoms with van der Waals surface area (Å²) >= 11 is 0. The molecule has 0 bridgehead atoms. The van der Waals surface area contributed by atoms with Crippen LogP contribution >= 0.6 is 0 Å². The van der Waals surface area contributed by atoms with E-state index in [1.165, 1.54) is 0 Å². The molecular weight excluding hydrogens is 368 g/mol. The van der Waals surface area contributed by atoms with Crippen LogP contribution in [-0.4, -0.2) is 46.3 Å². The van der Waals surface area contributed by atoms with Gasteiger partial charge in [-0.2, -0.15) is 0 Å². The number of rotatable bonds is 8. The fourth-order valence-corrected chi connectivity index (χ4v) is 4.42. The van der Waals surface area contributed by atoms with Gasteiger partial charge in [0.05, 0.1) is 10.8 Å². The Balaban J connectivity index is 1.56. The highest BCUT2D eigenvalue weighted by atomic mass is 32.2. The fraction of sp³-hybridized carbons (Fsp3) is 0.368. The van der Waals surface area contributed by atoms with E-state index in [-0.39, 0.29) is 0 Å². The highest BCUT2D eigenvalue weighted by Gasteiger charge is 2.45. The van der Waals surface area contributed by atoms with Crippen LogP contribution in [0.4, 0.5) is 0 Å². The lowest BCUT2D eigenvalue weighted by Gasteiger charge is -2.33. The molecule has 1 aromatic heterocycles. The Morgan fingerprint density at radius 3 is 2.15 bits per heavy atom. The average Bonchev–Trinajstić information content (AvgIpc) is 2.72. The lowest BCUT2D eigenvalue weighted by molar-refractivity contribution is -0.122. The molecule has 2 N–H and O–H groups in total. The van der Waals surface area contributed by atoms with E-state index in [0.29, 0.717) is 49.9 Å². The number of carbonyl (C=O) groups excluding carboxylic acids is 1. The van der Waals surface area contributed by atoms with Crippen LogP contribution in [0.15, 0.2) is 53.7 Å². The number of ether oxygens (including phenoxy) is 3. The third-order valence-corrected chi connectivity index (χ3v) is 6.43. The van der Waals surface area contributed by atoms with Gasteiger partial charge in [0.25, 0.3) is 0 Å². The maximum Gasteiger partial charge on any atom is 0.236 e. The molecule has 0 radical (unpaired) electrons. The van der Waals surface area contributed by atoms with E-state index in [1.54, 1.807) is 48.8 Å². The monoisotopic (exact) mass is 390 g/mol. The normalized spacial score (nSPS) is 17.0. The Kier molecular flexibility index (Phi) is 6.41. The minimum Gasteiger partial charge on any atom is -0.490 e. The average molecular weight is 390 g/mol. The van der Waals surface area contributed by atoms with E-state index in [4.69, 9.17) is 19.9 Å². The summed E-state index contributed by atoms with van der Waals surface area (Å²) in [5.41, 5.74) is 5.57. The van der Waals surface area contributed by atoms with Gasteiger partial charge in [-0.1, -0.05) is 0 Å². The molecule has 27 heavy (non-hydrogen) atoms. The Bertz CT molecular complexity index is 776. The largest absolute Gasteiger partial charge is 0.490 e. The van der Waals surface area contributed by atoms with Crippen molar-refractivity contribution in [3.05, 3.63) is 48.8 Å². The number of carbonyl (C=O) groups is 1. The summed E-state index contributed by atoms with van der Waals surface area (Å²) in [7, 11) is -1.54. The van der Waals surface area contributed by atoms with Crippen molar-refractivity contribution < 1.29 is 23.2 Å². The Morgan fingerprint density at radius 2 is 1.59 bits per heavy atom. The molecule has 2 heterocycles. The van der Waals surface area contributed by atoms with Gasteiger partial charge in [0.1, 0.15) is 29.5 Å². The van der Waals surface area contributed by atoms with E-state index in [9.17, 15) is 9.00 Å². The SMILES string of the molecule is NC(=O)C1(S(=O)c2ccc(OCCOc3ccncc3)cc2)CCOCC1. The van der Waals surface area contributed by atoms with Crippen molar-refractivity contribution in [2.75, 3.05) is 26.4 Å². The predicted molar refractivity (Wildman–Crippen MR) is 100 cm³/mol. The summed E-state index contributed by atoms with van der Waals surface area (Å²) in [6.45, 7) is 1.52. The molecular formula is C19H22N2O5S. The molecule has 3 rings (SSSR count). The van der Waals surface area contributed by atoms with Crippen LogP contribution in [0.1, 0.15) is 12.8 Å². The molecule has 1 aliphatic rings. The lowest BCUT2D eigenvalue weighted by atomic mass is 9.98. The summed E-state index contributed by atoms with van der Waals surface area (Å²) in [5.74, 6) is 0.819. The first-order valence-electron chi connectivity index (χ1n) is 8.67. The van der Waals surface area contributed by atoms with Crippen molar-refractivity contribution in [1.29, 1.82) is 0 Å². The summed E-state index contributed by atoms with van der Waals surface area (Å²) < 4.78 is 28.4. The number of benzene rings is 1. The first-order chi connectivity index (χ1) is 13.1. The maximum absolute atomic E-state index is 13.0. The second-order valence-electron chi connectivity index (χ2n) is 6.09. The zero-order valence-electron chi connectivity index (χ0n) is 14.8. The number of primary amides is 1. The molecule has 1 unspecified atom stereocenters. The van der Waals surface area contributed by atoms with Gasteiger partial charge in [-0.15, -0.1) is 0 Å². The van der Waals surface area contributed by atoms with E-state index >= 15 is 0 Å². The summed E-state index contributed by atoms with van der Waals surface area (Å²) in [6.07, 6.45) is 4.04. The Hall–Kier alpha value is -2.45. The maximum atomic E-state index is 13.0. The topological polar surface area (TPSA) is 101 Å². The van der Waals surface area contributed by atoms with E-state index < -0.39 is 21.5 Å². The molecule has 0 aliphatic carbocycles. The van der Waals surface area contributed by atoms with Crippen molar-refractivity contribution in [1.82, 2.24) is 4.98 Å². The van der Waals surface area contributed by atoms with E-state index in [1.807, 2.05) is 0 Å². The van der Waals surface area contributed by atoms with Gasteiger partial charge in [0.15, 0.2) is 0 Å². The molecule has 1 aliphatic heterocycles. The number of hydrogen-bond acceptors (Lipinski definition) is 6. The van der Waals surface area contributed by atoms with Gasteiger partial charge in [-0.3, -0.25) is 14.0 Å². The number of pyridine rings is 1. The third kappa shape index (κ3) is 4.64. The highest BCUT2D eigenvalue weighted by Crippen LogP contribution is 2.32. The van der Waals surface area contributed by atoms with Crippen molar-refractivity contribution in [2.45, 2.75) is 22.5 Å². The summed E-state index contributed by atoms with van der Waals surface area (Å²) in [6, 6.07) is 10.4. The smallest absolute Gasteiger partial charge is 0.236 e. The van der Waals surface area contributed by atoms with Crippen LogP contribution < -0.4 is 15.2 Å². The van der Waals surface area contributed by atoms with Gasteiger partial charge in [-0.25, -0.2) is 0 Å². The van der Waals surface area contributed by atoms with Crippen LogP contribution in [0.2, 0.25) is 0 Å². The molecule has 144 valence electrons. The first kappa shape index (κ1) is 19.3. The number of hydrogen-bond donors (Lipinski definition) is 1. The van der Waals surface area contributed by atoms with Crippen LogP contribution in [0.5, 0.6) is 11.5 Å². The number of amides is 1. The second kappa shape index (κ2) is 8.96. The van der Waals surface area contributed by atoms with Gasteiger partial charge in [0.2, 0.25) is 5.91 Å². The minimum atomic E-state index is -1.54. The number of nitrogens with zero attached hydrogens (tertiary/aromatic N) is 1. The number of nitrogens with two attached hydrogens (primary N) is 1. The Labute approximate surface area is 160 Å². The summed E-state index contributed by atoms with van der Waals surface area (Å²) in [5, 5.41) is 0. The molecule has 1 amide bonds.